The lowest BCUT2D eigenvalue weighted by Gasteiger charge is -2.18. The van der Waals surface area contributed by atoms with Crippen molar-refractivity contribution in [3.05, 3.63) is 28.5 Å². The van der Waals surface area contributed by atoms with E-state index in [4.69, 9.17) is 22.1 Å². The fraction of sp³-hybridized carbons (Fsp3) is 0.400. The van der Waals surface area contributed by atoms with Gasteiger partial charge in [-0.15, -0.1) is 0 Å². The number of nitrogens with two attached hydrogens (primary N) is 1. The Morgan fingerprint density at radius 1 is 1.53 bits per heavy atom. The molecule has 2 atom stereocenters. The maximum absolute atomic E-state index is 13.7. The molecule has 0 radical (unpaired) electrons. The zero-order chi connectivity index (χ0) is 11.6. The summed E-state index contributed by atoms with van der Waals surface area (Å²) in [5, 5.41) is 9.81. The van der Waals surface area contributed by atoms with E-state index in [1.807, 2.05) is 0 Å². The van der Waals surface area contributed by atoms with Gasteiger partial charge in [0.25, 0.3) is 0 Å². The first-order chi connectivity index (χ1) is 6.99. The summed E-state index contributed by atoms with van der Waals surface area (Å²) in [6.45, 7) is 1.57. The predicted molar refractivity (Wildman–Crippen MR) is 56.6 cm³/mol. The predicted octanol–water partition coefficient (Wildman–Crippen LogP) is 1.87. The summed E-state index contributed by atoms with van der Waals surface area (Å²) in [6.07, 6.45) is -1.15. The van der Waals surface area contributed by atoms with Gasteiger partial charge in [0.05, 0.1) is 13.2 Å². The van der Waals surface area contributed by atoms with E-state index in [1.54, 1.807) is 6.92 Å². The highest BCUT2D eigenvalue weighted by atomic mass is 35.5. The first kappa shape index (κ1) is 12.2. The number of ether oxygens (including phenoxy) is 1. The average molecular weight is 234 g/mol. The van der Waals surface area contributed by atoms with Crippen molar-refractivity contribution in [3.8, 4) is 5.75 Å². The molecule has 15 heavy (non-hydrogen) atoms. The van der Waals surface area contributed by atoms with Crippen molar-refractivity contribution >= 4 is 11.6 Å². The molecule has 0 bridgehead atoms. The van der Waals surface area contributed by atoms with Crippen molar-refractivity contribution in [1.82, 2.24) is 0 Å². The Labute approximate surface area is 92.6 Å². The quantitative estimate of drug-likeness (QED) is 0.838. The molecule has 1 aromatic rings. The van der Waals surface area contributed by atoms with E-state index in [2.05, 4.69) is 0 Å². The van der Waals surface area contributed by atoms with Crippen LogP contribution in [0.2, 0.25) is 5.02 Å². The molecule has 0 aliphatic carbocycles. The Kier molecular flexibility index (Phi) is 3.90. The molecule has 0 aliphatic rings. The van der Waals surface area contributed by atoms with Gasteiger partial charge in [0.2, 0.25) is 0 Å². The largest absolute Gasteiger partial charge is 0.494 e. The summed E-state index contributed by atoms with van der Waals surface area (Å²) in [5.41, 5.74) is 5.46. The van der Waals surface area contributed by atoms with Crippen LogP contribution in [0.1, 0.15) is 18.6 Å². The number of hydrogen-bond acceptors (Lipinski definition) is 3. The molecule has 1 rings (SSSR count). The molecule has 0 heterocycles. The first-order valence-corrected chi connectivity index (χ1v) is 4.82. The normalized spacial score (nSPS) is 14.8. The molecule has 0 saturated heterocycles. The van der Waals surface area contributed by atoms with Gasteiger partial charge in [-0.1, -0.05) is 11.6 Å². The summed E-state index contributed by atoms with van der Waals surface area (Å²) < 4.78 is 18.5. The third-order valence-corrected chi connectivity index (χ3v) is 2.43. The second-order valence-electron chi connectivity index (χ2n) is 3.28. The minimum absolute atomic E-state index is 0.0222. The zero-order valence-electron chi connectivity index (χ0n) is 8.50. The van der Waals surface area contributed by atoms with E-state index >= 15 is 0 Å². The number of halogens is 2. The van der Waals surface area contributed by atoms with Gasteiger partial charge in [0.1, 0.15) is 0 Å². The van der Waals surface area contributed by atoms with Gasteiger partial charge >= 0.3 is 0 Å². The summed E-state index contributed by atoms with van der Waals surface area (Å²) >= 11 is 5.79. The molecule has 3 N–H and O–H groups in total. The molecule has 0 aromatic heterocycles. The Hall–Kier alpha value is -0.840. The average Bonchev–Trinajstić information content (AvgIpc) is 2.17. The molecular weight excluding hydrogens is 221 g/mol. The van der Waals surface area contributed by atoms with Crippen molar-refractivity contribution in [2.45, 2.75) is 19.1 Å². The molecule has 5 heteroatoms. The van der Waals surface area contributed by atoms with Crippen LogP contribution in [0.5, 0.6) is 5.75 Å². The highest BCUT2D eigenvalue weighted by Gasteiger charge is 2.22. The number of benzene rings is 1. The second-order valence-corrected chi connectivity index (χ2v) is 3.69. The van der Waals surface area contributed by atoms with E-state index in [1.165, 1.54) is 19.2 Å². The highest BCUT2D eigenvalue weighted by Crippen LogP contribution is 2.32. The third kappa shape index (κ3) is 2.40. The van der Waals surface area contributed by atoms with Gasteiger partial charge in [0, 0.05) is 16.6 Å². The number of methoxy groups -OCH3 is 1. The SMILES string of the molecule is COc1ccc(Cl)c(C(O)C(C)N)c1F. The molecule has 84 valence electrons. The minimum atomic E-state index is -1.15. The molecular formula is C10H13ClFNO2. The number of hydrogen-bond donors (Lipinski definition) is 2. The highest BCUT2D eigenvalue weighted by molar-refractivity contribution is 6.31. The first-order valence-electron chi connectivity index (χ1n) is 4.44. The van der Waals surface area contributed by atoms with Crippen LogP contribution in [0.15, 0.2) is 12.1 Å². The Morgan fingerprint density at radius 2 is 2.13 bits per heavy atom. The van der Waals surface area contributed by atoms with Crippen LogP contribution in [0.25, 0.3) is 0 Å². The number of aliphatic hydroxyl groups excluding tert-OH is 1. The molecule has 0 spiro atoms. The monoisotopic (exact) mass is 233 g/mol. The van der Waals surface area contributed by atoms with Crippen LogP contribution in [-0.2, 0) is 0 Å². The minimum Gasteiger partial charge on any atom is -0.494 e. The van der Waals surface area contributed by atoms with Gasteiger partial charge in [-0.2, -0.15) is 0 Å². The molecule has 2 unspecified atom stereocenters. The number of rotatable bonds is 3. The lowest BCUT2D eigenvalue weighted by Crippen LogP contribution is -2.25. The Morgan fingerprint density at radius 3 is 2.60 bits per heavy atom. The fourth-order valence-electron chi connectivity index (χ4n) is 1.24. The lowest BCUT2D eigenvalue weighted by molar-refractivity contribution is 0.148. The van der Waals surface area contributed by atoms with Crippen LogP contribution >= 0.6 is 11.6 Å². The maximum Gasteiger partial charge on any atom is 0.172 e. The van der Waals surface area contributed by atoms with Crippen LogP contribution < -0.4 is 10.5 Å². The summed E-state index contributed by atoms with van der Waals surface area (Å²) in [4.78, 5) is 0. The van der Waals surface area contributed by atoms with Crippen molar-refractivity contribution in [2.75, 3.05) is 7.11 Å². The van der Waals surface area contributed by atoms with Crippen molar-refractivity contribution in [3.63, 3.8) is 0 Å². The smallest absolute Gasteiger partial charge is 0.172 e. The zero-order valence-corrected chi connectivity index (χ0v) is 9.25. The molecule has 1 aromatic carbocycles. The van der Waals surface area contributed by atoms with Crippen molar-refractivity contribution in [2.24, 2.45) is 5.73 Å². The molecule has 0 fully saturated rings. The van der Waals surface area contributed by atoms with E-state index in [-0.39, 0.29) is 16.3 Å². The van der Waals surface area contributed by atoms with Gasteiger partial charge in [0.15, 0.2) is 11.6 Å². The standard InChI is InChI=1S/C10H13ClFNO2/c1-5(13)10(14)8-6(11)3-4-7(15-2)9(8)12/h3-5,10,14H,13H2,1-2H3. The fourth-order valence-corrected chi connectivity index (χ4v) is 1.50. The van der Waals surface area contributed by atoms with Crippen LogP contribution in [0.3, 0.4) is 0 Å². The topological polar surface area (TPSA) is 55.5 Å². The molecule has 3 nitrogen and oxygen atoms in total. The Bertz CT molecular complexity index is 358. The summed E-state index contributed by atoms with van der Waals surface area (Å²) in [7, 11) is 1.34. The van der Waals surface area contributed by atoms with Crippen LogP contribution in [0, 0.1) is 5.82 Å². The van der Waals surface area contributed by atoms with E-state index in [0.717, 1.165) is 0 Å². The third-order valence-electron chi connectivity index (χ3n) is 2.10. The van der Waals surface area contributed by atoms with Crippen LogP contribution in [0.4, 0.5) is 4.39 Å². The van der Waals surface area contributed by atoms with E-state index in [9.17, 15) is 9.50 Å². The Balaban J connectivity index is 3.26. The van der Waals surface area contributed by atoms with Gasteiger partial charge < -0.3 is 15.6 Å². The lowest BCUT2D eigenvalue weighted by atomic mass is 10.0. The second kappa shape index (κ2) is 4.79. The van der Waals surface area contributed by atoms with Crippen LogP contribution in [-0.4, -0.2) is 18.3 Å². The number of aliphatic hydroxyl groups is 1. The van der Waals surface area contributed by atoms with Gasteiger partial charge in [-0.05, 0) is 19.1 Å². The van der Waals surface area contributed by atoms with Gasteiger partial charge in [-0.3, -0.25) is 0 Å². The van der Waals surface area contributed by atoms with E-state index in [0.29, 0.717) is 0 Å². The summed E-state index contributed by atoms with van der Waals surface area (Å²) in [6, 6.07) is 2.25. The molecule has 0 saturated carbocycles. The van der Waals surface area contributed by atoms with E-state index < -0.39 is 18.0 Å². The molecule has 0 amide bonds. The summed E-state index contributed by atoms with van der Waals surface area (Å²) in [5.74, 6) is -0.635. The van der Waals surface area contributed by atoms with Gasteiger partial charge in [-0.25, -0.2) is 4.39 Å². The van der Waals surface area contributed by atoms with Crippen molar-refractivity contribution < 1.29 is 14.2 Å². The maximum atomic E-state index is 13.7. The molecule has 0 aliphatic heterocycles. The van der Waals surface area contributed by atoms with Crippen molar-refractivity contribution in [1.29, 1.82) is 0 Å².